The molecule has 0 saturated carbocycles. The first-order chi connectivity index (χ1) is 14.6. The molecule has 2 rings (SSSR count). The molecule has 2 heterocycles. The molecule has 2 aliphatic heterocycles. The first kappa shape index (κ1) is 25.9. The molecule has 1 unspecified atom stereocenters. The second-order valence-corrected chi connectivity index (χ2v) is 10.2. The molecule has 0 aromatic carbocycles. The Bertz CT molecular complexity index is 604. The number of nitrogens with one attached hydrogen (secondary N) is 1. The van der Waals surface area contributed by atoms with Gasteiger partial charge in [-0.05, 0) is 26.7 Å². The zero-order valence-electron chi connectivity index (χ0n) is 20.5. The van der Waals surface area contributed by atoms with Crippen LogP contribution in [0, 0.1) is 11.8 Å². The van der Waals surface area contributed by atoms with Gasteiger partial charge in [0.05, 0.1) is 12.6 Å². The number of Topliss-reactive ketones (excluding diaryl/α,β-unsaturated/α-hetero) is 2. The van der Waals surface area contributed by atoms with Gasteiger partial charge in [0.2, 0.25) is 5.91 Å². The van der Waals surface area contributed by atoms with E-state index < -0.39 is 6.04 Å². The first-order valence-electron chi connectivity index (χ1n) is 12.1. The number of carbonyl (C=O) groups excluding carboxylic acids is 3. The molecule has 1 atom stereocenters. The monoisotopic (exact) mass is 436 g/mol. The van der Waals surface area contributed by atoms with E-state index >= 15 is 0 Å². The maximum absolute atomic E-state index is 12.7. The van der Waals surface area contributed by atoms with E-state index in [2.05, 4.69) is 33.9 Å². The molecule has 2 saturated heterocycles. The number of hydrogen-bond acceptors (Lipinski definition) is 6. The fourth-order valence-corrected chi connectivity index (χ4v) is 4.57. The number of nitrogens with zero attached hydrogens (tertiary/aromatic N) is 3. The van der Waals surface area contributed by atoms with E-state index in [1.54, 1.807) is 0 Å². The molecule has 1 amide bonds. The van der Waals surface area contributed by atoms with Gasteiger partial charge in [-0.15, -0.1) is 0 Å². The molecule has 2 aliphatic rings. The van der Waals surface area contributed by atoms with Crippen molar-refractivity contribution in [3.8, 4) is 0 Å². The van der Waals surface area contributed by atoms with Crippen molar-refractivity contribution in [1.29, 1.82) is 0 Å². The van der Waals surface area contributed by atoms with Gasteiger partial charge in [-0.25, -0.2) is 0 Å². The Hall–Kier alpha value is -1.31. The SMILES string of the molecule is CC(C)C(=O)CC(NC(=O)CN1CCC(N2CCN(C(C)C)CC2)CC1)C(=O)C(C)C. The summed E-state index contributed by atoms with van der Waals surface area (Å²) in [6, 6.07) is 0.509. The van der Waals surface area contributed by atoms with E-state index in [-0.39, 0.29) is 35.7 Å². The number of rotatable bonds is 10. The third kappa shape index (κ3) is 7.95. The van der Waals surface area contributed by atoms with Crippen LogP contribution in [0.4, 0.5) is 0 Å². The zero-order valence-corrected chi connectivity index (χ0v) is 20.5. The molecule has 0 aromatic heterocycles. The summed E-state index contributed by atoms with van der Waals surface area (Å²) in [7, 11) is 0. The fourth-order valence-electron chi connectivity index (χ4n) is 4.57. The molecule has 7 nitrogen and oxygen atoms in total. The first-order valence-corrected chi connectivity index (χ1v) is 12.1. The summed E-state index contributed by atoms with van der Waals surface area (Å²) in [4.78, 5) is 44.7. The minimum Gasteiger partial charge on any atom is -0.345 e. The van der Waals surface area contributed by atoms with E-state index in [1.165, 1.54) is 0 Å². The summed E-state index contributed by atoms with van der Waals surface area (Å²) in [5.74, 6) is -0.559. The smallest absolute Gasteiger partial charge is 0.234 e. The van der Waals surface area contributed by atoms with E-state index in [0.717, 1.165) is 52.1 Å². The van der Waals surface area contributed by atoms with E-state index in [4.69, 9.17) is 0 Å². The lowest BCUT2D eigenvalue weighted by Crippen LogP contribution is -2.55. The Kier molecular flexibility index (Phi) is 10.1. The van der Waals surface area contributed by atoms with Gasteiger partial charge in [-0.1, -0.05) is 27.7 Å². The van der Waals surface area contributed by atoms with Crippen LogP contribution in [-0.2, 0) is 14.4 Å². The van der Waals surface area contributed by atoms with Crippen molar-refractivity contribution in [3.05, 3.63) is 0 Å². The van der Waals surface area contributed by atoms with Crippen LogP contribution in [0.1, 0.15) is 60.8 Å². The average molecular weight is 437 g/mol. The average Bonchev–Trinajstić information content (AvgIpc) is 2.73. The number of amides is 1. The van der Waals surface area contributed by atoms with Gasteiger partial charge in [0.25, 0.3) is 0 Å². The molecule has 2 fully saturated rings. The molecule has 0 aromatic rings. The van der Waals surface area contributed by atoms with Crippen molar-refractivity contribution in [2.75, 3.05) is 45.8 Å². The highest BCUT2D eigenvalue weighted by molar-refractivity contribution is 5.95. The second kappa shape index (κ2) is 12.1. The second-order valence-electron chi connectivity index (χ2n) is 10.2. The summed E-state index contributed by atoms with van der Waals surface area (Å²) in [6.45, 7) is 18.4. The van der Waals surface area contributed by atoms with Gasteiger partial charge in [0, 0.05) is 69.6 Å². The minimum atomic E-state index is -0.711. The van der Waals surface area contributed by atoms with Crippen molar-refractivity contribution in [3.63, 3.8) is 0 Å². The summed E-state index contributed by atoms with van der Waals surface area (Å²) in [6.07, 6.45) is 2.25. The van der Waals surface area contributed by atoms with Crippen LogP contribution in [0.5, 0.6) is 0 Å². The highest BCUT2D eigenvalue weighted by Crippen LogP contribution is 2.19. The summed E-state index contributed by atoms with van der Waals surface area (Å²) >= 11 is 0. The third-order valence-electron chi connectivity index (χ3n) is 6.82. The van der Waals surface area contributed by atoms with Crippen molar-refractivity contribution < 1.29 is 14.4 Å². The molecule has 0 bridgehead atoms. The normalized spacial score (nSPS) is 21.1. The van der Waals surface area contributed by atoms with Crippen LogP contribution in [0.2, 0.25) is 0 Å². The van der Waals surface area contributed by atoms with Gasteiger partial charge in [0.15, 0.2) is 5.78 Å². The van der Waals surface area contributed by atoms with E-state index in [0.29, 0.717) is 18.6 Å². The Balaban J connectivity index is 1.79. The maximum atomic E-state index is 12.7. The number of likely N-dealkylation sites (tertiary alicyclic amines) is 1. The van der Waals surface area contributed by atoms with Gasteiger partial charge in [0.1, 0.15) is 5.78 Å². The van der Waals surface area contributed by atoms with Crippen LogP contribution in [-0.4, -0.2) is 96.1 Å². The number of piperazine rings is 1. The zero-order chi connectivity index (χ0) is 23.1. The van der Waals surface area contributed by atoms with Gasteiger partial charge in [-0.2, -0.15) is 0 Å². The lowest BCUT2D eigenvalue weighted by molar-refractivity contribution is -0.132. The molecule has 0 aliphatic carbocycles. The number of ketones is 2. The van der Waals surface area contributed by atoms with Crippen LogP contribution >= 0.6 is 0 Å². The van der Waals surface area contributed by atoms with Crippen LogP contribution in [0.15, 0.2) is 0 Å². The van der Waals surface area contributed by atoms with Crippen molar-refractivity contribution in [2.24, 2.45) is 11.8 Å². The molecule has 31 heavy (non-hydrogen) atoms. The molecule has 178 valence electrons. The van der Waals surface area contributed by atoms with Gasteiger partial charge < -0.3 is 5.32 Å². The van der Waals surface area contributed by atoms with Crippen LogP contribution in [0.25, 0.3) is 0 Å². The predicted octanol–water partition coefficient (Wildman–Crippen LogP) is 1.80. The van der Waals surface area contributed by atoms with Crippen LogP contribution in [0.3, 0.4) is 0 Å². The maximum Gasteiger partial charge on any atom is 0.234 e. The van der Waals surface area contributed by atoms with Gasteiger partial charge >= 0.3 is 0 Å². The lowest BCUT2D eigenvalue weighted by atomic mass is 9.94. The number of carbonyl (C=O) groups is 3. The van der Waals surface area contributed by atoms with Crippen molar-refractivity contribution in [2.45, 2.75) is 78.9 Å². The molecule has 1 N–H and O–H groups in total. The van der Waals surface area contributed by atoms with Crippen molar-refractivity contribution in [1.82, 2.24) is 20.0 Å². The molecular formula is C24H44N4O3. The summed E-state index contributed by atoms with van der Waals surface area (Å²) in [5, 5.41) is 2.85. The fraction of sp³-hybridized carbons (Fsp3) is 0.875. The number of piperidine rings is 1. The lowest BCUT2D eigenvalue weighted by Gasteiger charge is -2.43. The Morgan fingerprint density at radius 1 is 0.839 bits per heavy atom. The predicted molar refractivity (Wildman–Crippen MR) is 124 cm³/mol. The van der Waals surface area contributed by atoms with Crippen molar-refractivity contribution >= 4 is 17.5 Å². The quantitative estimate of drug-likeness (QED) is 0.563. The standard InChI is InChI=1S/C24H44N4O3/c1-17(2)22(29)15-21(24(31)18(3)4)25-23(30)16-26-9-7-20(8-10-26)28-13-11-27(12-14-28)19(5)6/h17-21H,7-16H2,1-6H3,(H,25,30). The van der Waals surface area contributed by atoms with E-state index in [1.807, 2.05) is 27.7 Å². The Morgan fingerprint density at radius 2 is 1.42 bits per heavy atom. The van der Waals surface area contributed by atoms with Gasteiger partial charge in [-0.3, -0.25) is 29.1 Å². The topological polar surface area (TPSA) is 73.0 Å². The molecule has 7 heteroatoms. The third-order valence-corrected chi connectivity index (χ3v) is 6.82. The highest BCUT2D eigenvalue weighted by atomic mass is 16.2. The largest absolute Gasteiger partial charge is 0.345 e. The highest BCUT2D eigenvalue weighted by Gasteiger charge is 2.30. The minimum absolute atomic E-state index is 0.0117. The van der Waals surface area contributed by atoms with Crippen LogP contribution < -0.4 is 5.32 Å². The Morgan fingerprint density at radius 3 is 1.90 bits per heavy atom. The molecular weight excluding hydrogens is 392 g/mol. The Labute approximate surface area is 188 Å². The summed E-state index contributed by atoms with van der Waals surface area (Å²) < 4.78 is 0. The number of hydrogen-bond donors (Lipinski definition) is 1. The van der Waals surface area contributed by atoms with E-state index in [9.17, 15) is 14.4 Å². The molecule has 0 radical (unpaired) electrons. The summed E-state index contributed by atoms with van der Waals surface area (Å²) in [5.41, 5.74) is 0. The molecule has 0 spiro atoms.